The standard InChI is InChI=1S/C18H23N5O2/c1-2-13(18(25)23-7-3-4-8-23)22-17(24)12-9-19-16-15(12)21-14(10-20-16)11-5-6-11/h9-11,13H,2-8H2,1H3,(H,19,20)(H,22,24)/t13-/m1/s1. The lowest BCUT2D eigenvalue weighted by Gasteiger charge is -2.22. The van der Waals surface area contributed by atoms with E-state index in [0.717, 1.165) is 44.5 Å². The van der Waals surface area contributed by atoms with Crippen molar-refractivity contribution in [1.82, 2.24) is 25.2 Å². The lowest BCUT2D eigenvalue weighted by molar-refractivity contribution is -0.132. The SMILES string of the molecule is CC[C@@H](NC(=O)c1c[nH]c2ncc(C3CC3)nc12)C(=O)N1CCCC1. The molecule has 2 aromatic heterocycles. The van der Waals surface area contributed by atoms with Crippen molar-refractivity contribution in [3.05, 3.63) is 23.7 Å². The summed E-state index contributed by atoms with van der Waals surface area (Å²) < 4.78 is 0. The summed E-state index contributed by atoms with van der Waals surface area (Å²) in [5.41, 5.74) is 2.60. The Morgan fingerprint density at radius 3 is 2.80 bits per heavy atom. The molecule has 0 spiro atoms. The van der Waals surface area contributed by atoms with Gasteiger partial charge in [-0.15, -0.1) is 0 Å². The molecule has 2 N–H and O–H groups in total. The normalized spacial score (nSPS) is 18.5. The summed E-state index contributed by atoms with van der Waals surface area (Å²) in [6.07, 6.45) is 8.33. The van der Waals surface area contributed by atoms with Crippen molar-refractivity contribution in [2.45, 2.75) is 51.0 Å². The van der Waals surface area contributed by atoms with Gasteiger partial charge in [-0.2, -0.15) is 0 Å². The first-order valence-corrected chi connectivity index (χ1v) is 9.11. The second kappa shape index (κ2) is 6.46. The summed E-state index contributed by atoms with van der Waals surface area (Å²) in [6.45, 7) is 3.49. The van der Waals surface area contributed by atoms with Gasteiger partial charge in [0.1, 0.15) is 11.6 Å². The number of aromatic amines is 1. The Labute approximate surface area is 146 Å². The number of carbonyl (C=O) groups excluding carboxylic acids is 2. The number of hydrogen-bond acceptors (Lipinski definition) is 4. The molecule has 1 aliphatic heterocycles. The average molecular weight is 341 g/mol. The van der Waals surface area contributed by atoms with Crippen LogP contribution in [0.2, 0.25) is 0 Å². The summed E-state index contributed by atoms with van der Waals surface area (Å²) in [6, 6.07) is -0.491. The Kier molecular flexibility index (Phi) is 4.15. The molecule has 0 radical (unpaired) electrons. The van der Waals surface area contributed by atoms with E-state index >= 15 is 0 Å². The van der Waals surface area contributed by atoms with Gasteiger partial charge in [0, 0.05) is 25.2 Å². The second-order valence-electron chi connectivity index (χ2n) is 6.94. The molecule has 3 heterocycles. The van der Waals surface area contributed by atoms with Crippen molar-refractivity contribution in [2.75, 3.05) is 13.1 Å². The third-order valence-corrected chi connectivity index (χ3v) is 5.07. The Morgan fingerprint density at radius 1 is 1.36 bits per heavy atom. The molecule has 1 saturated carbocycles. The zero-order valence-corrected chi connectivity index (χ0v) is 14.4. The topological polar surface area (TPSA) is 91.0 Å². The summed E-state index contributed by atoms with van der Waals surface area (Å²) in [5, 5.41) is 2.88. The summed E-state index contributed by atoms with van der Waals surface area (Å²) in [4.78, 5) is 39.1. The molecule has 2 fully saturated rings. The van der Waals surface area contributed by atoms with Gasteiger partial charge in [-0.3, -0.25) is 9.59 Å². The van der Waals surface area contributed by atoms with Crippen molar-refractivity contribution >= 4 is 23.0 Å². The number of H-pyrrole nitrogens is 1. The summed E-state index contributed by atoms with van der Waals surface area (Å²) in [5.74, 6) is 0.216. The van der Waals surface area contributed by atoms with E-state index in [1.165, 1.54) is 0 Å². The molecule has 2 aliphatic rings. The van der Waals surface area contributed by atoms with Crippen molar-refractivity contribution in [1.29, 1.82) is 0 Å². The number of amides is 2. The maximum absolute atomic E-state index is 12.7. The number of nitrogens with zero attached hydrogens (tertiary/aromatic N) is 3. The van der Waals surface area contributed by atoms with Gasteiger partial charge < -0.3 is 15.2 Å². The first kappa shape index (κ1) is 16.1. The molecule has 2 amide bonds. The number of hydrogen-bond donors (Lipinski definition) is 2. The van der Waals surface area contributed by atoms with E-state index in [1.807, 2.05) is 11.8 Å². The van der Waals surface area contributed by atoms with Crippen LogP contribution in [0.25, 0.3) is 11.2 Å². The monoisotopic (exact) mass is 341 g/mol. The van der Waals surface area contributed by atoms with E-state index in [1.54, 1.807) is 12.4 Å². The quantitative estimate of drug-likeness (QED) is 0.870. The highest BCUT2D eigenvalue weighted by atomic mass is 16.2. The van der Waals surface area contributed by atoms with Gasteiger partial charge in [0.15, 0.2) is 5.65 Å². The zero-order valence-electron chi connectivity index (χ0n) is 14.4. The molecular weight excluding hydrogens is 318 g/mol. The van der Waals surface area contributed by atoms with Crippen LogP contribution >= 0.6 is 0 Å². The minimum Gasteiger partial charge on any atom is -0.344 e. The van der Waals surface area contributed by atoms with Crippen LogP contribution in [0, 0.1) is 0 Å². The predicted molar refractivity (Wildman–Crippen MR) is 93.2 cm³/mol. The molecule has 132 valence electrons. The fraction of sp³-hybridized carbons (Fsp3) is 0.556. The van der Waals surface area contributed by atoms with Crippen molar-refractivity contribution < 1.29 is 9.59 Å². The molecule has 1 atom stereocenters. The Bertz CT molecular complexity index is 805. The number of likely N-dealkylation sites (tertiary alicyclic amines) is 1. The molecule has 2 aromatic rings. The van der Waals surface area contributed by atoms with Crippen molar-refractivity contribution in [2.24, 2.45) is 0 Å². The van der Waals surface area contributed by atoms with E-state index in [4.69, 9.17) is 0 Å². The second-order valence-corrected chi connectivity index (χ2v) is 6.94. The van der Waals surface area contributed by atoms with Gasteiger partial charge in [0.25, 0.3) is 5.91 Å². The largest absolute Gasteiger partial charge is 0.344 e. The number of aromatic nitrogens is 3. The van der Waals surface area contributed by atoms with Crippen LogP contribution in [0.1, 0.15) is 61.0 Å². The van der Waals surface area contributed by atoms with Gasteiger partial charge in [-0.05, 0) is 32.1 Å². The van der Waals surface area contributed by atoms with Gasteiger partial charge in [0.05, 0.1) is 17.5 Å². The molecule has 0 bridgehead atoms. The summed E-state index contributed by atoms with van der Waals surface area (Å²) in [7, 11) is 0. The van der Waals surface area contributed by atoms with Crippen LogP contribution in [-0.2, 0) is 4.79 Å². The number of fused-ring (bicyclic) bond motifs is 1. The fourth-order valence-corrected chi connectivity index (χ4v) is 3.39. The molecule has 1 saturated heterocycles. The highest BCUT2D eigenvalue weighted by Gasteiger charge is 2.29. The average Bonchev–Trinajstić information content (AvgIpc) is 3.17. The molecule has 0 unspecified atom stereocenters. The third kappa shape index (κ3) is 3.10. The molecular formula is C18H23N5O2. The van der Waals surface area contributed by atoms with Crippen LogP contribution < -0.4 is 5.32 Å². The van der Waals surface area contributed by atoms with Gasteiger partial charge in [0.2, 0.25) is 5.91 Å². The van der Waals surface area contributed by atoms with E-state index in [-0.39, 0.29) is 11.8 Å². The van der Waals surface area contributed by atoms with Crippen molar-refractivity contribution in [3.63, 3.8) is 0 Å². The minimum atomic E-state index is -0.491. The number of carbonyl (C=O) groups is 2. The van der Waals surface area contributed by atoms with Crippen LogP contribution in [0.15, 0.2) is 12.4 Å². The van der Waals surface area contributed by atoms with Gasteiger partial charge >= 0.3 is 0 Å². The van der Waals surface area contributed by atoms with Gasteiger partial charge in [-0.25, -0.2) is 9.97 Å². The molecule has 25 heavy (non-hydrogen) atoms. The first-order chi connectivity index (χ1) is 12.2. The van der Waals surface area contributed by atoms with Crippen LogP contribution in [0.3, 0.4) is 0 Å². The molecule has 1 aliphatic carbocycles. The van der Waals surface area contributed by atoms with E-state index in [2.05, 4.69) is 20.3 Å². The van der Waals surface area contributed by atoms with E-state index in [0.29, 0.717) is 29.1 Å². The van der Waals surface area contributed by atoms with Crippen LogP contribution in [-0.4, -0.2) is 50.8 Å². The zero-order chi connectivity index (χ0) is 17.4. The Morgan fingerprint density at radius 2 is 2.12 bits per heavy atom. The van der Waals surface area contributed by atoms with Crippen LogP contribution in [0.4, 0.5) is 0 Å². The van der Waals surface area contributed by atoms with Gasteiger partial charge in [-0.1, -0.05) is 6.92 Å². The summed E-state index contributed by atoms with van der Waals surface area (Å²) >= 11 is 0. The number of nitrogens with one attached hydrogen (secondary N) is 2. The molecule has 7 nitrogen and oxygen atoms in total. The third-order valence-electron chi connectivity index (χ3n) is 5.07. The minimum absolute atomic E-state index is 0.0120. The Balaban J connectivity index is 1.54. The molecule has 7 heteroatoms. The highest BCUT2D eigenvalue weighted by molar-refractivity contribution is 6.05. The van der Waals surface area contributed by atoms with E-state index in [9.17, 15) is 9.59 Å². The number of rotatable bonds is 5. The maximum Gasteiger partial charge on any atom is 0.255 e. The first-order valence-electron chi connectivity index (χ1n) is 9.11. The van der Waals surface area contributed by atoms with E-state index < -0.39 is 6.04 Å². The maximum atomic E-state index is 12.7. The van der Waals surface area contributed by atoms with Crippen LogP contribution in [0.5, 0.6) is 0 Å². The Hall–Kier alpha value is -2.44. The lowest BCUT2D eigenvalue weighted by atomic mass is 10.1. The molecule has 0 aromatic carbocycles. The molecule has 4 rings (SSSR count). The van der Waals surface area contributed by atoms with Crippen molar-refractivity contribution in [3.8, 4) is 0 Å². The fourth-order valence-electron chi connectivity index (χ4n) is 3.39. The smallest absolute Gasteiger partial charge is 0.255 e. The lowest BCUT2D eigenvalue weighted by Crippen LogP contribution is -2.47. The predicted octanol–water partition coefficient (Wildman–Crippen LogP) is 1.97. The highest BCUT2D eigenvalue weighted by Crippen LogP contribution is 2.39.